The number of rotatable bonds is 5. The molecule has 1 aliphatic rings. The van der Waals surface area contributed by atoms with Gasteiger partial charge in [-0.2, -0.15) is 13.2 Å². The molecule has 0 aliphatic carbocycles. The summed E-state index contributed by atoms with van der Waals surface area (Å²) in [6.45, 7) is 0.929. The lowest BCUT2D eigenvalue weighted by molar-refractivity contribution is -0.138. The van der Waals surface area contributed by atoms with Crippen molar-refractivity contribution in [3.8, 4) is 10.4 Å². The highest BCUT2D eigenvalue weighted by molar-refractivity contribution is 7.15. The molecule has 3 heterocycles. The van der Waals surface area contributed by atoms with Gasteiger partial charge in [-0.3, -0.25) is 4.79 Å². The summed E-state index contributed by atoms with van der Waals surface area (Å²) < 4.78 is 80.6. The van der Waals surface area contributed by atoms with Crippen LogP contribution in [0.1, 0.15) is 27.5 Å². The van der Waals surface area contributed by atoms with Gasteiger partial charge in [-0.15, -0.1) is 11.3 Å². The number of likely N-dealkylation sites (tertiary alicyclic amines) is 1. The minimum absolute atomic E-state index is 0.0254. The summed E-state index contributed by atoms with van der Waals surface area (Å²) >= 11 is 1.18. The van der Waals surface area contributed by atoms with Crippen LogP contribution < -0.4 is 5.32 Å². The first-order chi connectivity index (χ1) is 16.0. The molecule has 0 saturated carbocycles. The molecule has 0 bridgehead atoms. The smallest absolute Gasteiger partial charge is 0.352 e. The van der Waals surface area contributed by atoms with Gasteiger partial charge >= 0.3 is 6.18 Å². The Balaban J connectivity index is 1.56. The zero-order chi connectivity index (χ0) is 24.7. The van der Waals surface area contributed by atoms with Gasteiger partial charge in [-0.05, 0) is 24.6 Å². The highest BCUT2D eigenvalue weighted by Gasteiger charge is 2.51. The molecular weight excluding hydrogens is 484 g/mol. The van der Waals surface area contributed by atoms with Crippen molar-refractivity contribution in [1.29, 1.82) is 0 Å². The third-order valence-corrected chi connectivity index (χ3v) is 6.31. The first kappa shape index (κ1) is 23.9. The molecule has 6 nitrogen and oxygen atoms in total. The average molecular weight is 501 g/mol. The van der Waals surface area contributed by atoms with E-state index in [9.17, 15) is 31.1 Å². The van der Waals surface area contributed by atoms with Crippen LogP contribution in [-0.2, 0) is 6.18 Å². The zero-order valence-corrected chi connectivity index (χ0v) is 18.4. The maximum Gasteiger partial charge on any atom is 0.419 e. The van der Waals surface area contributed by atoms with Gasteiger partial charge in [0.25, 0.3) is 11.8 Å². The van der Waals surface area contributed by atoms with E-state index in [0.29, 0.717) is 27.8 Å². The standard InChI is InChI=1S/C21H17F6N5OS/c1-11-31-16(17(34-11)12-2-4-14(22)5-3-12)18(33)32-7-6-20(23,24)15(32)10-30-19-28-8-13(9-29-19)21(25,26)27/h2-5,8-9,15H,6-7,10H2,1H3,(H,28,29,30)/t15-/m1/s1. The third-order valence-electron chi connectivity index (χ3n) is 5.29. The molecular formula is C21H17F6N5OS. The lowest BCUT2D eigenvalue weighted by Crippen LogP contribution is -2.47. The topological polar surface area (TPSA) is 71.0 Å². The van der Waals surface area contributed by atoms with E-state index in [1.807, 2.05) is 0 Å². The van der Waals surface area contributed by atoms with Gasteiger partial charge in [0.15, 0.2) is 0 Å². The van der Waals surface area contributed by atoms with Crippen LogP contribution in [-0.4, -0.2) is 50.8 Å². The largest absolute Gasteiger partial charge is 0.419 e. The summed E-state index contributed by atoms with van der Waals surface area (Å²) in [7, 11) is 0. The number of hydrogen-bond acceptors (Lipinski definition) is 6. The summed E-state index contributed by atoms with van der Waals surface area (Å²) in [5, 5.41) is 3.02. The summed E-state index contributed by atoms with van der Waals surface area (Å²) in [6, 6.07) is 3.78. The fourth-order valence-electron chi connectivity index (χ4n) is 3.58. The van der Waals surface area contributed by atoms with Crippen LogP contribution in [0.4, 0.5) is 32.3 Å². The second kappa shape index (κ2) is 8.85. The fraction of sp³-hybridized carbons (Fsp3) is 0.333. The van der Waals surface area contributed by atoms with Crippen molar-refractivity contribution in [3.05, 3.63) is 58.7 Å². The molecule has 1 fully saturated rings. The first-order valence-corrected chi connectivity index (χ1v) is 10.8. The van der Waals surface area contributed by atoms with Crippen molar-refractivity contribution in [3.63, 3.8) is 0 Å². The SMILES string of the molecule is Cc1nc(C(=O)N2CCC(F)(F)[C@H]2CNc2ncc(C(F)(F)F)cn2)c(-c2ccc(F)cc2)s1. The second-order valence-corrected chi connectivity index (χ2v) is 8.82. The Morgan fingerprint density at radius 3 is 2.47 bits per heavy atom. The number of alkyl halides is 5. The van der Waals surface area contributed by atoms with E-state index in [-0.39, 0.29) is 18.2 Å². The second-order valence-electron chi connectivity index (χ2n) is 7.62. The molecule has 0 radical (unpaired) electrons. The molecule has 1 atom stereocenters. The number of thiazole rings is 1. The van der Waals surface area contributed by atoms with Crippen molar-refractivity contribution in [2.45, 2.75) is 31.5 Å². The van der Waals surface area contributed by atoms with Gasteiger partial charge in [-0.1, -0.05) is 12.1 Å². The number of anilines is 1. The van der Waals surface area contributed by atoms with E-state index in [2.05, 4.69) is 20.3 Å². The van der Waals surface area contributed by atoms with Crippen molar-refractivity contribution in [1.82, 2.24) is 19.9 Å². The number of halogens is 6. The quantitative estimate of drug-likeness (QED) is 0.497. The molecule has 1 aromatic carbocycles. The number of hydrogen-bond donors (Lipinski definition) is 1. The highest BCUT2D eigenvalue weighted by atomic mass is 32.1. The van der Waals surface area contributed by atoms with Crippen molar-refractivity contribution in [2.24, 2.45) is 0 Å². The zero-order valence-electron chi connectivity index (χ0n) is 17.5. The van der Waals surface area contributed by atoms with Gasteiger partial charge in [0.1, 0.15) is 17.6 Å². The maximum atomic E-state index is 14.6. The number of amides is 1. The van der Waals surface area contributed by atoms with Gasteiger partial charge < -0.3 is 10.2 Å². The summed E-state index contributed by atoms with van der Waals surface area (Å²) in [4.78, 5) is 25.9. The Bertz CT molecular complexity index is 1180. The monoisotopic (exact) mass is 501 g/mol. The average Bonchev–Trinajstić information content (AvgIpc) is 3.31. The van der Waals surface area contributed by atoms with Crippen molar-refractivity contribution >= 4 is 23.2 Å². The molecule has 13 heteroatoms. The van der Waals surface area contributed by atoms with Crippen LogP contribution >= 0.6 is 11.3 Å². The van der Waals surface area contributed by atoms with Crippen LogP contribution in [0.3, 0.4) is 0 Å². The molecule has 34 heavy (non-hydrogen) atoms. The van der Waals surface area contributed by atoms with Gasteiger partial charge in [-0.25, -0.2) is 28.1 Å². The summed E-state index contributed by atoms with van der Waals surface area (Å²) in [6.07, 6.45) is -4.14. The van der Waals surface area contributed by atoms with Crippen LogP contribution in [0.5, 0.6) is 0 Å². The molecule has 1 aliphatic heterocycles. The number of nitrogens with one attached hydrogen (secondary N) is 1. The maximum absolute atomic E-state index is 14.6. The Kier molecular flexibility index (Phi) is 6.23. The Labute approximate surface area is 193 Å². The van der Waals surface area contributed by atoms with Gasteiger partial charge in [0, 0.05) is 31.9 Å². The van der Waals surface area contributed by atoms with Crippen molar-refractivity contribution < 1.29 is 31.1 Å². The Morgan fingerprint density at radius 2 is 1.85 bits per heavy atom. The van der Waals surface area contributed by atoms with E-state index in [0.717, 1.165) is 4.90 Å². The fourth-order valence-corrected chi connectivity index (χ4v) is 4.50. The molecule has 2 aromatic heterocycles. The minimum atomic E-state index is -4.63. The number of benzene rings is 1. The van der Waals surface area contributed by atoms with Crippen molar-refractivity contribution in [2.75, 3.05) is 18.4 Å². The molecule has 0 unspecified atom stereocenters. The summed E-state index contributed by atoms with van der Waals surface area (Å²) in [5.74, 6) is -4.72. The van der Waals surface area contributed by atoms with E-state index in [4.69, 9.17) is 0 Å². The lowest BCUT2D eigenvalue weighted by atomic mass is 10.1. The number of aromatic nitrogens is 3. The lowest BCUT2D eigenvalue weighted by Gasteiger charge is -2.27. The predicted octanol–water partition coefficient (Wildman–Crippen LogP) is 5.03. The van der Waals surface area contributed by atoms with E-state index in [1.165, 1.54) is 35.6 Å². The number of nitrogens with zero attached hydrogens (tertiary/aromatic N) is 4. The Morgan fingerprint density at radius 1 is 1.21 bits per heavy atom. The predicted molar refractivity (Wildman–Crippen MR) is 112 cm³/mol. The van der Waals surface area contributed by atoms with Gasteiger partial charge in [0.05, 0.1) is 15.4 Å². The molecule has 180 valence electrons. The molecule has 1 N–H and O–H groups in total. The molecule has 1 amide bonds. The highest BCUT2D eigenvalue weighted by Crippen LogP contribution is 2.37. The molecule has 0 spiro atoms. The minimum Gasteiger partial charge on any atom is -0.352 e. The van der Waals surface area contributed by atoms with Crippen LogP contribution in [0.25, 0.3) is 10.4 Å². The Hall–Kier alpha value is -3.22. The van der Waals surface area contributed by atoms with E-state index >= 15 is 0 Å². The van der Waals surface area contributed by atoms with E-state index in [1.54, 1.807) is 6.92 Å². The first-order valence-electron chi connectivity index (χ1n) is 10.0. The number of aryl methyl sites for hydroxylation is 1. The normalized spacial score (nSPS) is 17.7. The summed E-state index contributed by atoms with van der Waals surface area (Å²) in [5.41, 5.74) is -0.579. The number of carbonyl (C=O) groups is 1. The van der Waals surface area contributed by atoms with Crippen LogP contribution in [0.2, 0.25) is 0 Å². The van der Waals surface area contributed by atoms with Gasteiger partial charge in [0.2, 0.25) is 5.95 Å². The van der Waals surface area contributed by atoms with E-state index < -0.39 is 48.4 Å². The van der Waals surface area contributed by atoms with Crippen LogP contribution in [0.15, 0.2) is 36.7 Å². The molecule has 4 rings (SSSR count). The molecule has 1 saturated heterocycles. The number of carbonyl (C=O) groups excluding carboxylic acids is 1. The molecule has 3 aromatic rings. The third kappa shape index (κ3) is 4.83. The van der Waals surface area contributed by atoms with Crippen LogP contribution in [0, 0.1) is 12.7 Å².